The number of alkyl halides is 1. The summed E-state index contributed by atoms with van der Waals surface area (Å²) in [7, 11) is 0. The van der Waals surface area contributed by atoms with Gasteiger partial charge in [0.2, 0.25) is 0 Å². The second kappa shape index (κ2) is 5.42. The van der Waals surface area contributed by atoms with Crippen LogP contribution in [0.2, 0.25) is 0 Å². The SMILES string of the molecule is Cc1cc(-c2c(-c3ccc(F)cn3)nn3c2CC(F)C3)c2cn[nH]c2n1. The van der Waals surface area contributed by atoms with Crippen molar-refractivity contribution in [3.63, 3.8) is 0 Å². The largest absolute Gasteiger partial charge is 0.265 e. The number of pyridine rings is 2. The summed E-state index contributed by atoms with van der Waals surface area (Å²) >= 11 is 0. The molecule has 0 amide bonds. The third-order valence-electron chi connectivity index (χ3n) is 4.63. The zero-order valence-electron chi connectivity index (χ0n) is 13.9. The summed E-state index contributed by atoms with van der Waals surface area (Å²) in [5, 5.41) is 12.4. The van der Waals surface area contributed by atoms with E-state index in [0.717, 1.165) is 34.1 Å². The summed E-state index contributed by atoms with van der Waals surface area (Å²) in [4.78, 5) is 8.62. The zero-order chi connectivity index (χ0) is 17.8. The van der Waals surface area contributed by atoms with E-state index in [1.807, 2.05) is 13.0 Å². The van der Waals surface area contributed by atoms with Gasteiger partial charge in [-0.15, -0.1) is 0 Å². The van der Waals surface area contributed by atoms with Gasteiger partial charge in [-0.25, -0.2) is 13.8 Å². The Morgan fingerprint density at radius 3 is 2.96 bits per heavy atom. The summed E-state index contributed by atoms with van der Waals surface area (Å²) in [5.74, 6) is -0.414. The van der Waals surface area contributed by atoms with Crippen LogP contribution in [0.3, 0.4) is 0 Å². The van der Waals surface area contributed by atoms with Crippen molar-refractivity contribution in [2.24, 2.45) is 0 Å². The van der Waals surface area contributed by atoms with Crippen LogP contribution in [0.25, 0.3) is 33.5 Å². The number of aryl methyl sites for hydroxylation is 1. The van der Waals surface area contributed by atoms with Crippen LogP contribution in [-0.2, 0) is 13.0 Å². The van der Waals surface area contributed by atoms with E-state index in [4.69, 9.17) is 0 Å². The first-order valence-corrected chi connectivity index (χ1v) is 8.27. The molecule has 4 aromatic heterocycles. The number of aromatic amines is 1. The van der Waals surface area contributed by atoms with Crippen molar-refractivity contribution in [1.82, 2.24) is 29.9 Å². The fourth-order valence-corrected chi connectivity index (χ4v) is 3.56. The molecule has 4 aromatic rings. The number of H-pyrrole nitrogens is 1. The van der Waals surface area contributed by atoms with Gasteiger partial charge in [0.05, 0.1) is 30.3 Å². The van der Waals surface area contributed by atoms with Gasteiger partial charge >= 0.3 is 0 Å². The third-order valence-corrected chi connectivity index (χ3v) is 4.63. The maximum atomic E-state index is 14.0. The van der Waals surface area contributed by atoms with Crippen molar-refractivity contribution in [3.05, 3.63) is 47.8 Å². The molecule has 0 bridgehead atoms. The molecule has 8 heteroatoms. The predicted octanol–water partition coefficient (Wildman–Crippen LogP) is 3.23. The molecule has 5 rings (SSSR count). The fourth-order valence-electron chi connectivity index (χ4n) is 3.56. The second-order valence-corrected chi connectivity index (χ2v) is 6.46. The number of nitrogens with zero attached hydrogens (tertiary/aromatic N) is 5. The van der Waals surface area contributed by atoms with Gasteiger partial charge in [-0.05, 0) is 25.1 Å². The average Bonchev–Trinajstić information content (AvgIpc) is 3.28. The Labute approximate surface area is 146 Å². The van der Waals surface area contributed by atoms with E-state index in [1.54, 1.807) is 16.9 Å². The molecular weight excluding hydrogens is 338 g/mol. The number of hydrogen-bond acceptors (Lipinski definition) is 4. The Morgan fingerprint density at radius 1 is 1.27 bits per heavy atom. The smallest absolute Gasteiger partial charge is 0.155 e. The highest BCUT2D eigenvalue weighted by Crippen LogP contribution is 2.40. The van der Waals surface area contributed by atoms with Crippen molar-refractivity contribution in [3.8, 4) is 22.5 Å². The third kappa shape index (κ3) is 2.22. The molecule has 0 fully saturated rings. The monoisotopic (exact) mass is 352 g/mol. The summed E-state index contributed by atoms with van der Waals surface area (Å²) < 4.78 is 29.0. The lowest BCUT2D eigenvalue weighted by Crippen LogP contribution is -2.03. The van der Waals surface area contributed by atoms with E-state index in [9.17, 15) is 8.78 Å². The van der Waals surface area contributed by atoms with E-state index in [2.05, 4.69) is 25.3 Å². The van der Waals surface area contributed by atoms with Crippen LogP contribution in [0.5, 0.6) is 0 Å². The lowest BCUT2D eigenvalue weighted by Gasteiger charge is -2.08. The van der Waals surface area contributed by atoms with Crippen molar-refractivity contribution < 1.29 is 8.78 Å². The van der Waals surface area contributed by atoms with Gasteiger partial charge in [-0.3, -0.25) is 14.8 Å². The van der Waals surface area contributed by atoms with Crippen LogP contribution in [-0.4, -0.2) is 36.1 Å². The van der Waals surface area contributed by atoms with Gasteiger partial charge in [-0.1, -0.05) is 0 Å². The maximum Gasteiger partial charge on any atom is 0.155 e. The molecule has 0 saturated heterocycles. The van der Waals surface area contributed by atoms with Crippen LogP contribution < -0.4 is 0 Å². The van der Waals surface area contributed by atoms with Gasteiger partial charge < -0.3 is 0 Å². The first kappa shape index (κ1) is 15.1. The number of hydrogen-bond donors (Lipinski definition) is 1. The van der Waals surface area contributed by atoms with Crippen LogP contribution in [0, 0.1) is 12.7 Å². The van der Waals surface area contributed by atoms with Crippen molar-refractivity contribution >= 4 is 11.0 Å². The second-order valence-electron chi connectivity index (χ2n) is 6.46. The molecule has 26 heavy (non-hydrogen) atoms. The standard InChI is InChI=1S/C18H14F2N6/c1-9-4-12(13-7-22-24-18(13)23-9)16-15-5-11(20)8-26(15)25-17(16)14-3-2-10(19)6-21-14/h2-4,6-7,11H,5,8H2,1H3,(H,22,23,24). The Kier molecular flexibility index (Phi) is 3.15. The van der Waals surface area contributed by atoms with Gasteiger partial charge in [0.1, 0.15) is 17.7 Å². The Bertz CT molecular complexity index is 1130. The van der Waals surface area contributed by atoms with E-state index in [1.165, 1.54) is 6.07 Å². The van der Waals surface area contributed by atoms with E-state index >= 15 is 0 Å². The van der Waals surface area contributed by atoms with Crippen LogP contribution >= 0.6 is 0 Å². The summed E-state index contributed by atoms with van der Waals surface area (Å²) in [6, 6.07) is 4.87. The molecule has 1 aliphatic rings. The Morgan fingerprint density at radius 2 is 2.15 bits per heavy atom. The number of nitrogens with one attached hydrogen (secondary N) is 1. The number of fused-ring (bicyclic) bond motifs is 2. The molecule has 1 aliphatic heterocycles. The summed E-state index contributed by atoms with van der Waals surface area (Å²) in [6.07, 6.45) is 2.18. The maximum absolute atomic E-state index is 14.0. The molecule has 1 unspecified atom stereocenters. The number of halogens is 2. The van der Waals surface area contributed by atoms with Crippen LogP contribution in [0.1, 0.15) is 11.4 Å². The summed E-state index contributed by atoms with van der Waals surface area (Å²) in [6.45, 7) is 2.10. The minimum Gasteiger partial charge on any atom is -0.265 e. The molecule has 130 valence electrons. The molecule has 0 radical (unpaired) electrons. The average molecular weight is 352 g/mol. The molecule has 0 saturated carbocycles. The molecular formula is C18H14F2N6. The minimum absolute atomic E-state index is 0.210. The molecule has 0 spiro atoms. The van der Waals surface area contributed by atoms with Gasteiger partial charge in [0.25, 0.3) is 0 Å². The van der Waals surface area contributed by atoms with Crippen LogP contribution in [0.15, 0.2) is 30.6 Å². The normalized spacial score (nSPS) is 16.3. The molecule has 1 N–H and O–H groups in total. The first-order chi connectivity index (χ1) is 12.6. The predicted molar refractivity (Wildman–Crippen MR) is 91.6 cm³/mol. The van der Waals surface area contributed by atoms with E-state index in [0.29, 0.717) is 17.0 Å². The highest BCUT2D eigenvalue weighted by molar-refractivity contribution is 5.97. The zero-order valence-corrected chi connectivity index (χ0v) is 13.9. The van der Waals surface area contributed by atoms with Crippen molar-refractivity contribution in [1.29, 1.82) is 0 Å². The molecule has 5 heterocycles. The minimum atomic E-state index is -0.964. The topological polar surface area (TPSA) is 72.3 Å². The van der Waals surface area contributed by atoms with Gasteiger partial charge in [-0.2, -0.15) is 10.2 Å². The fraction of sp³-hybridized carbons (Fsp3) is 0.222. The number of rotatable bonds is 2. The first-order valence-electron chi connectivity index (χ1n) is 8.27. The van der Waals surface area contributed by atoms with Gasteiger partial charge in [0.15, 0.2) is 5.65 Å². The molecule has 1 atom stereocenters. The summed E-state index contributed by atoms with van der Waals surface area (Å²) in [5.41, 5.74) is 5.12. The van der Waals surface area contributed by atoms with Crippen molar-refractivity contribution in [2.75, 3.05) is 0 Å². The van der Waals surface area contributed by atoms with Gasteiger partial charge in [0, 0.05) is 28.6 Å². The molecule has 0 aromatic carbocycles. The van der Waals surface area contributed by atoms with E-state index < -0.39 is 12.0 Å². The molecule has 6 nitrogen and oxygen atoms in total. The van der Waals surface area contributed by atoms with E-state index in [-0.39, 0.29) is 13.0 Å². The quantitative estimate of drug-likeness (QED) is 0.601. The Hall–Kier alpha value is -3.16. The lowest BCUT2D eigenvalue weighted by atomic mass is 9.97. The molecule has 0 aliphatic carbocycles. The Balaban J connectivity index is 1.82. The highest BCUT2D eigenvalue weighted by Gasteiger charge is 2.30. The highest BCUT2D eigenvalue weighted by atomic mass is 19.1. The number of aromatic nitrogens is 6. The lowest BCUT2D eigenvalue weighted by molar-refractivity contribution is 0.322. The van der Waals surface area contributed by atoms with Crippen molar-refractivity contribution in [2.45, 2.75) is 26.1 Å². The van der Waals surface area contributed by atoms with Crippen LogP contribution in [0.4, 0.5) is 8.78 Å².